The average Bonchev–Trinajstić information content (AvgIpc) is 3.37. The van der Waals surface area contributed by atoms with Crippen LogP contribution >= 0.6 is 24.0 Å². The number of aryl methyl sites for hydroxylation is 1. The van der Waals surface area contributed by atoms with Crippen molar-refractivity contribution < 1.29 is 0 Å². The third-order valence-electron chi connectivity index (χ3n) is 5.00. The molecule has 1 aromatic carbocycles. The topological polar surface area (TPSA) is 53.6 Å². The Hall–Kier alpha value is -0.820. The molecule has 128 valence electrons. The van der Waals surface area contributed by atoms with Gasteiger partial charge in [-0.2, -0.15) is 0 Å². The van der Waals surface area contributed by atoms with E-state index in [0.29, 0.717) is 12.0 Å². The average molecular weight is 428 g/mol. The Kier molecular flexibility index (Phi) is 6.71. The molecule has 0 saturated heterocycles. The Morgan fingerprint density at radius 3 is 2.83 bits per heavy atom. The molecular weight excluding hydrogens is 399 g/mol. The molecule has 5 heteroatoms. The zero-order valence-corrected chi connectivity index (χ0v) is 16.5. The fourth-order valence-electron chi connectivity index (χ4n) is 3.28. The number of likely N-dealkylation sites (N-methyl/N-ethyl adjacent to an activating group) is 1. The second-order valence-corrected chi connectivity index (χ2v) is 6.75. The highest BCUT2D eigenvalue weighted by molar-refractivity contribution is 14.0. The number of fused-ring (bicyclic) bond motifs is 1. The van der Waals surface area contributed by atoms with Crippen LogP contribution in [0.5, 0.6) is 0 Å². The molecule has 4 nitrogen and oxygen atoms in total. The van der Waals surface area contributed by atoms with Gasteiger partial charge in [-0.05, 0) is 69.7 Å². The lowest BCUT2D eigenvalue weighted by Gasteiger charge is -2.23. The number of guanidine groups is 1. The number of aliphatic imine (C=N–C) groups is 1. The highest BCUT2D eigenvalue weighted by Crippen LogP contribution is 2.28. The summed E-state index contributed by atoms with van der Waals surface area (Å²) in [7, 11) is 2.19. The summed E-state index contributed by atoms with van der Waals surface area (Å²) in [6, 6.07) is 7.67. The van der Waals surface area contributed by atoms with Gasteiger partial charge in [-0.3, -0.25) is 9.89 Å². The maximum Gasteiger partial charge on any atom is 0.193 e. The lowest BCUT2D eigenvalue weighted by Crippen LogP contribution is -2.34. The van der Waals surface area contributed by atoms with Crippen LogP contribution in [0.25, 0.3) is 0 Å². The van der Waals surface area contributed by atoms with Gasteiger partial charge in [-0.15, -0.1) is 24.0 Å². The number of hydrogen-bond donors (Lipinski definition) is 2. The van der Waals surface area contributed by atoms with E-state index in [2.05, 4.69) is 47.4 Å². The number of rotatable bonds is 5. The van der Waals surface area contributed by atoms with Crippen molar-refractivity contribution >= 4 is 35.6 Å². The minimum Gasteiger partial charge on any atom is -0.370 e. The molecule has 0 bridgehead atoms. The fraction of sp³-hybridized carbons (Fsp3) is 0.611. The van der Waals surface area contributed by atoms with Gasteiger partial charge in [0.15, 0.2) is 5.96 Å². The first-order valence-electron chi connectivity index (χ1n) is 8.55. The van der Waals surface area contributed by atoms with Crippen LogP contribution in [0.3, 0.4) is 0 Å². The molecule has 2 aliphatic rings. The monoisotopic (exact) mass is 428 g/mol. The summed E-state index contributed by atoms with van der Waals surface area (Å²) in [4.78, 5) is 6.96. The molecule has 0 spiro atoms. The molecule has 1 aromatic rings. The minimum absolute atomic E-state index is 0. The van der Waals surface area contributed by atoms with E-state index in [1.54, 1.807) is 0 Å². The molecule has 2 aliphatic carbocycles. The Morgan fingerprint density at radius 2 is 2.09 bits per heavy atom. The molecule has 0 aromatic heterocycles. The predicted molar refractivity (Wildman–Crippen MR) is 109 cm³/mol. The first-order valence-corrected chi connectivity index (χ1v) is 8.55. The highest BCUT2D eigenvalue weighted by Gasteiger charge is 2.28. The number of nitrogens with zero attached hydrogens (tertiary/aromatic N) is 2. The van der Waals surface area contributed by atoms with Crippen molar-refractivity contribution in [1.29, 1.82) is 0 Å². The summed E-state index contributed by atoms with van der Waals surface area (Å²) in [6.45, 7) is 2.97. The van der Waals surface area contributed by atoms with Crippen molar-refractivity contribution in [3.63, 3.8) is 0 Å². The molecule has 0 radical (unpaired) electrons. The van der Waals surface area contributed by atoms with E-state index in [9.17, 15) is 0 Å². The Balaban J connectivity index is 0.00000192. The molecule has 0 amide bonds. The molecular formula is C18H29IN4. The second-order valence-electron chi connectivity index (χ2n) is 6.75. The van der Waals surface area contributed by atoms with E-state index in [0.717, 1.165) is 24.7 Å². The molecule has 0 aliphatic heterocycles. The van der Waals surface area contributed by atoms with Crippen molar-refractivity contribution in [2.24, 2.45) is 10.7 Å². The van der Waals surface area contributed by atoms with E-state index < -0.39 is 0 Å². The van der Waals surface area contributed by atoms with Gasteiger partial charge in [-0.25, -0.2) is 0 Å². The summed E-state index contributed by atoms with van der Waals surface area (Å²) in [6.07, 6.45) is 7.55. The van der Waals surface area contributed by atoms with E-state index in [-0.39, 0.29) is 24.0 Å². The van der Waals surface area contributed by atoms with Gasteiger partial charge >= 0.3 is 0 Å². The molecule has 23 heavy (non-hydrogen) atoms. The number of halogens is 1. The first kappa shape index (κ1) is 18.5. The Labute approximate surface area is 156 Å². The smallest absolute Gasteiger partial charge is 0.193 e. The molecule has 1 unspecified atom stereocenters. The molecule has 0 heterocycles. The fourth-order valence-corrected chi connectivity index (χ4v) is 3.28. The standard InChI is InChI=1S/C18H28N4.HI/c1-13(22(2)15-10-11-15)12-20-18(19)21-17-9-5-7-14-6-3-4-8-16(14)17;/h5,7,9,13,15H,3-4,6,8,10-12H2,1-2H3,(H3,19,20,21);1H. The van der Waals surface area contributed by atoms with Crippen LogP contribution in [0.15, 0.2) is 23.2 Å². The van der Waals surface area contributed by atoms with Crippen molar-refractivity contribution in [3.05, 3.63) is 29.3 Å². The van der Waals surface area contributed by atoms with Gasteiger partial charge < -0.3 is 11.1 Å². The number of nitrogens with one attached hydrogen (secondary N) is 1. The summed E-state index contributed by atoms with van der Waals surface area (Å²) in [5, 5.41) is 3.32. The van der Waals surface area contributed by atoms with E-state index in [1.807, 2.05) is 0 Å². The Bertz CT molecular complexity index is 554. The van der Waals surface area contributed by atoms with Crippen LogP contribution in [0.1, 0.15) is 43.7 Å². The van der Waals surface area contributed by atoms with Gasteiger partial charge in [0.25, 0.3) is 0 Å². The summed E-state index contributed by atoms with van der Waals surface area (Å²) in [5.74, 6) is 0.537. The summed E-state index contributed by atoms with van der Waals surface area (Å²) >= 11 is 0. The van der Waals surface area contributed by atoms with Crippen LogP contribution in [0, 0.1) is 0 Å². The SMILES string of the molecule is CC(CN=C(N)Nc1cccc2c1CCCC2)N(C)C1CC1.I. The molecule has 1 atom stereocenters. The third kappa shape index (κ3) is 4.83. The minimum atomic E-state index is 0. The third-order valence-corrected chi connectivity index (χ3v) is 5.00. The second kappa shape index (κ2) is 8.33. The van der Waals surface area contributed by atoms with Gasteiger partial charge in [0.1, 0.15) is 0 Å². The summed E-state index contributed by atoms with van der Waals surface area (Å²) < 4.78 is 0. The zero-order valence-electron chi connectivity index (χ0n) is 14.2. The predicted octanol–water partition coefficient (Wildman–Crippen LogP) is 3.39. The lowest BCUT2D eigenvalue weighted by molar-refractivity contribution is 0.253. The number of hydrogen-bond acceptors (Lipinski definition) is 2. The van der Waals surface area contributed by atoms with Gasteiger partial charge in [-0.1, -0.05) is 12.1 Å². The quantitative estimate of drug-likeness (QED) is 0.430. The zero-order chi connectivity index (χ0) is 15.5. The number of anilines is 1. The largest absolute Gasteiger partial charge is 0.370 e. The molecule has 1 saturated carbocycles. The molecule has 1 fully saturated rings. The highest BCUT2D eigenvalue weighted by atomic mass is 127. The molecule has 3 rings (SSSR count). The van der Waals surface area contributed by atoms with Gasteiger partial charge in [0.05, 0.1) is 6.54 Å². The van der Waals surface area contributed by atoms with E-state index >= 15 is 0 Å². The summed E-state index contributed by atoms with van der Waals surface area (Å²) in [5.41, 5.74) is 10.1. The maximum atomic E-state index is 6.10. The Morgan fingerprint density at radius 1 is 1.35 bits per heavy atom. The van der Waals surface area contributed by atoms with Crippen molar-refractivity contribution in [2.75, 3.05) is 18.9 Å². The maximum absolute atomic E-state index is 6.10. The van der Waals surface area contributed by atoms with E-state index in [1.165, 1.54) is 43.2 Å². The van der Waals surface area contributed by atoms with Crippen LogP contribution in [0.2, 0.25) is 0 Å². The lowest BCUT2D eigenvalue weighted by atomic mass is 9.90. The van der Waals surface area contributed by atoms with E-state index in [4.69, 9.17) is 5.73 Å². The van der Waals surface area contributed by atoms with Crippen molar-refractivity contribution in [2.45, 2.75) is 57.5 Å². The normalized spacial score (nSPS) is 19.0. The van der Waals surface area contributed by atoms with Crippen LogP contribution in [-0.2, 0) is 12.8 Å². The van der Waals surface area contributed by atoms with Crippen LogP contribution < -0.4 is 11.1 Å². The van der Waals surface area contributed by atoms with Gasteiger partial charge in [0, 0.05) is 17.8 Å². The molecule has 3 N–H and O–H groups in total. The number of nitrogens with two attached hydrogens (primary N) is 1. The van der Waals surface area contributed by atoms with Crippen molar-refractivity contribution in [3.8, 4) is 0 Å². The van der Waals surface area contributed by atoms with Crippen LogP contribution in [-0.4, -0.2) is 36.5 Å². The van der Waals surface area contributed by atoms with Crippen LogP contribution in [0.4, 0.5) is 5.69 Å². The van der Waals surface area contributed by atoms with Crippen molar-refractivity contribution in [1.82, 2.24) is 4.90 Å². The number of benzene rings is 1. The van der Waals surface area contributed by atoms with Gasteiger partial charge in [0.2, 0.25) is 0 Å². The first-order chi connectivity index (χ1) is 10.6.